The summed E-state index contributed by atoms with van der Waals surface area (Å²) in [6, 6.07) is 18.3. The molecule has 26 heavy (non-hydrogen) atoms. The van der Waals surface area contributed by atoms with Gasteiger partial charge in [0.15, 0.2) is 5.82 Å². The first kappa shape index (κ1) is 16.9. The molecule has 1 aliphatic rings. The molecule has 0 spiro atoms. The standard InChI is InChI=1S/C21H23N3O2/c1-16-7-5-6-10-18(16)20-22-19(23-26-20)13-24-12-11-21(14-24,15-25)17-8-3-2-4-9-17/h2-10,25H,11-15H2,1H3. The van der Waals surface area contributed by atoms with Gasteiger partial charge < -0.3 is 9.63 Å². The Kier molecular flexibility index (Phi) is 4.57. The highest BCUT2D eigenvalue weighted by atomic mass is 16.5. The Morgan fingerprint density at radius 1 is 1.12 bits per heavy atom. The average molecular weight is 349 g/mol. The van der Waals surface area contributed by atoms with Crippen LogP contribution in [0.3, 0.4) is 0 Å². The van der Waals surface area contributed by atoms with Crippen LogP contribution < -0.4 is 0 Å². The third-order valence-electron chi connectivity index (χ3n) is 5.33. The molecule has 134 valence electrons. The van der Waals surface area contributed by atoms with Crippen molar-refractivity contribution in [3.63, 3.8) is 0 Å². The van der Waals surface area contributed by atoms with Crippen molar-refractivity contribution in [2.24, 2.45) is 0 Å². The Morgan fingerprint density at radius 3 is 2.65 bits per heavy atom. The molecular formula is C21H23N3O2. The molecule has 1 aliphatic heterocycles. The quantitative estimate of drug-likeness (QED) is 0.766. The van der Waals surface area contributed by atoms with Crippen LogP contribution in [0.2, 0.25) is 0 Å². The van der Waals surface area contributed by atoms with Gasteiger partial charge in [-0.25, -0.2) is 0 Å². The monoisotopic (exact) mass is 349 g/mol. The summed E-state index contributed by atoms with van der Waals surface area (Å²) in [6.07, 6.45) is 0.927. The van der Waals surface area contributed by atoms with E-state index < -0.39 is 0 Å². The van der Waals surface area contributed by atoms with Crippen LogP contribution in [-0.2, 0) is 12.0 Å². The minimum atomic E-state index is -0.205. The summed E-state index contributed by atoms with van der Waals surface area (Å²) in [5, 5.41) is 14.2. The molecule has 3 aromatic rings. The topological polar surface area (TPSA) is 62.4 Å². The van der Waals surface area contributed by atoms with E-state index in [-0.39, 0.29) is 12.0 Å². The Balaban J connectivity index is 1.49. The van der Waals surface area contributed by atoms with Gasteiger partial charge in [-0.15, -0.1) is 0 Å². The summed E-state index contributed by atoms with van der Waals surface area (Å²) in [6.45, 7) is 4.51. The molecule has 1 atom stereocenters. The van der Waals surface area contributed by atoms with Crippen LogP contribution >= 0.6 is 0 Å². The van der Waals surface area contributed by atoms with Gasteiger partial charge in [-0.1, -0.05) is 53.7 Å². The van der Waals surface area contributed by atoms with Crippen LogP contribution in [-0.4, -0.2) is 39.8 Å². The molecule has 0 amide bonds. The van der Waals surface area contributed by atoms with Gasteiger partial charge in [-0.3, -0.25) is 4.90 Å². The number of hydrogen-bond acceptors (Lipinski definition) is 5. The van der Waals surface area contributed by atoms with E-state index in [2.05, 4.69) is 27.2 Å². The fraction of sp³-hybridized carbons (Fsp3) is 0.333. The molecule has 2 heterocycles. The summed E-state index contributed by atoms with van der Waals surface area (Å²) in [4.78, 5) is 6.86. The maximum absolute atomic E-state index is 10.1. The van der Waals surface area contributed by atoms with Gasteiger partial charge in [0.25, 0.3) is 5.89 Å². The lowest BCUT2D eigenvalue weighted by Gasteiger charge is -2.27. The number of rotatable bonds is 5. The maximum atomic E-state index is 10.1. The van der Waals surface area contributed by atoms with E-state index >= 15 is 0 Å². The second-order valence-corrected chi connectivity index (χ2v) is 7.10. The Bertz CT molecular complexity index is 878. The van der Waals surface area contributed by atoms with Gasteiger partial charge in [0.1, 0.15) is 0 Å². The van der Waals surface area contributed by atoms with Crippen molar-refractivity contribution >= 4 is 0 Å². The second-order valence-electron chi connectivity index (χ2n) is 7.10. The van der Waals surface area contributed by atoms with Gasteiger partial charge >= 0.3 is 0 Å². The van der Waals surface area contributed by atoms with Crippen molar-refractivity contribution in [2.75, 3.05) is 19.7 Å². The average Bonchev–Trinajstić information content (AvgIpc) is 3.31. The molecule has 0 bridgehead atoms. The lowest BCUT2D eigenvalue weighted by Crippen LogP contribution is -2.34. The maximum Gasteiger partial charge on any atom is 0.258 e. The summed E-state index contributed by atoms with van der Waals surface area (Å²) in [7, 11) is 0. The van der Waals surface area contributed by atoms with Crippen molar-refractivity contribution in [3.8, 4) is 11.5 Å². The lowest BCUT2D eigenvalue weighted by atomic mass is 9.80. The van der Waals surface area contributed by atoms with Gasteiger partial charge in [0.05, 0.1) is 13.2 Å². The number of benzene rings is 2. The predicted molar refractivity (Wildman–Crippen MR) is 99.6 cm³/mol. The molecular weight excluding hydrogens is 326 g/mol. The normalized spacial score (nSPS) is 20.5. The van der Waals surface area contributed by atoms with Crippen molar-refractivity contribution < 1.29 is 9.63 Å². The minimum absolute atomic E-state index is 0.147. The molecule has 1 unspecified atom stereocenters. The van der Waals surface area contributed by atoms with Crippen LogP contribution in [0.4, 0.5) is 0 Å². The first-order valence-electron chi connectivity index (χ1n) is 8.97. The Hall–Kier alpha value is -2.50. The van der Waals surface area contributed by atoms with E-state index in [1.807, 2.05) is 49.4 Å². The SMILES string of the molecule is Cc1ccccc1-c1nc(CN2CCC(CO)(c3ccccc3)C2)no1. The Morgan fingerprint density at radius 2 is 1.88 bits per heavy atom. The number of nitrogens with zero attached hydrogens (tertiary/aromatic N) is 3. The number of aliphatic hydroxyl groups excluding tert-OH is 1. The zero-order valence-corrected chi connectivity index (χ0v) is 14.9. The number of aromatic nitrogens is 2. The number of aryl methyl sites for hydroxylation is 1. The zero-order valence-electron chi connectivity index (χ0n) is 14.9. The summed E-state index contributed by atoms with van der Waals surface area (Å²) >= 11 is 0. The highest BCUT2D eigenvalue weighted by Gasteiger charge is 2.39. The second kappa shape index (κ2) is 7.02. The van der Waals surface area contributed by atoms with Crippen molar-refractivity contribution in [2.45, 2.75) is 25.3 Å². The van der Waals surface area contributed by atoms with Crippen molar-refractivity contribution in [3.05, 3.63) is 71.5 Å². The van der Waals surface area contributed by atoms with Crippen LogP contribution in [0, 0.1) is 6.92 Å². The number of likely N-dealkylation sites (tertiary alicyclic amines) is 1. The third-order valence-corrected chi connectivity index (χ3v) is 5.33. The van der Waals surface area contributed by atoms with Crippen LogP contribution in [0.5, 0.6) is 0 Å². The van der Waals surface area contributed by atoms with E-state index in [0.29, 0.717) is 18.3 Å². The molecule has 1 saturated heterocycles. The number of aliphatic hydroxyl groups is 1. The predicted octanol–water partition coefficient (Wildman–Crippen LogP) is 3.18. The van der Waals surface area contributed by atoms with Gasteiger partial charge in [-0.2, -0.15) is 4.98 Å². The molecule has 1 N–H and O–H groups in total. The molecule has 1 fully saturated rings. The third kappa shape index (κ3) is 3.16. The largest absolute Gasteiger partial charge is 0.395 e. The van der Waals surface area contributed by atoms with Gasteiger partial charge in [0, 0.05) is 17.5 Å². The molecule has 2 aromatic carbocycles. The van der Waals surface area contributed by atoms with Crippen LogP contribution in [0.25, 0.3) is 11.5 Å². The summed E-state index contributed by atoms with van der Waals surface area (Å²) < 4.78 is 5.47. The van der Waals surface area contributed by atoms with Gasteiger partial charge in [0.2, 0.25) is 0 Å². The number of hydrogen-bond donors (Lipinski definition) is 1. The molecule has 5 heteroatoms. The minimum Gasteiger partial charge on any atom is -0.395 e. The fourth-order valence-corrected chi connectivity index (χ4v) is 3.78. The molecule has 0 aliphatic carbocycles. The van der Waals surface area contributed by atoms with E-state index in [9.17, 15) is 5.11 Å². The van der Waals surface area contributed by atoms with E-state index in [1.165, 1.54) is 5.56 Å². The molecule has 5 nitrogen and oxygen atoms in total. The highest BCUT2D eigenvalue weighted by Crippen LogP contribution is 2.34. The smallest absolute Gasteiger partial charge is 0.258 e. The molecule has 0 radical (unpaired) electrons. The first-order chi connectivity index (χ1) is 12.7. The summed E-state index contributed by atoms with van der Waals surface area (Å²) in [5.41, 5.74) is 3.08. The molecule has 1 aromatic heterocycles. The van der Waals surface area contributed by atoms with Crippen molar-refractivity contribution in [1.82, 2.24) is 15.0 Å². The molecule has 0 saturated carbocycles. The van der Waals surface area contributed by atoms with E-state index in [0.717, 1.165) is 30.6 Å². The van der Waals surface area contributed by atoms with E-state index in [1.54, 1.807) is 0 Å². The van der Waals surface area contributed by atoms with Gasteiger partial charge in [-0.05, 0) is 37.1 Å². The summed E-state index contributed by atoms with van der Waals surface area (Å²) in [5.74, 6) is 1.25. The zero-order chi connectivity index (χ0) is 18.0. The first-order valence-corrected chi connectivity index (χ1v) is 8.97. The Labute approximate surface area is 153 Å². The fourth-order valence-electron chi connectivity index (χ4n) is 3.78. The lowest BCUT2D eigenvalue weighted by molar-refractivity contribution is 0.187. The molecule has 4 rings (SSSR count). The van der Waals surface area contributed by atoms with E-state index in [4.69, 9.17) is 4.52 Å². The van der Waals surface area contributed by atoms with Crippen LogP contribution in [0.1, 0.15) is 23.4 Å². The van der Waals surface area contributed by atoms with Crippen LogP contribution in [0.15, 0.2) is 59.1 Å². The highest BCUT2D eigenvalue weighted by molar-refractivity contribution is 5.57. The van der Waals surface area contributed by atoms with Crippen molar-refractivity contribution in [1.29, 1.82) is 0 Å².